The highest BCUT2D eigenvalue weighted by Crippen LogP contribution is 2.21. The van der Waals surface area contributed by atoms with E-state index in [0.717, 1.165) is 5.56 Å². The normalized spacial score (nSPS) is 12.7. The molecule has 140 valence electrons. The molecule has 1 unspecified atom stereocenters. The number of ether oxygens (including phenoxy) is 1. The number of benzene rings is 1. The van der Waals surface area contributed by atoms with Gasteiger partial charge in [0.05, 0.1) is 17.1 Å². The number of esters is 1. The maximum Gasteiger partial charge on any atom is 0.339 e. The van der Waals surface area contributed by atoms with Crippen LogP contribution in [0.5, 0.6) is 0 Å². The third kappa shape index (κ3) is 4.59. The summed E-state index contributed by atoms with van der Waals surface area (Å²) in [5.74, 6) is 0.202. The topological polar surface area (TPSA) is 88.6 Å². The van der Waals surface area contributed by atoms with Gasteiger partial charge in [-0.2, -0.15) is 0 Å². The van der Waals surface area contributed by atoms with E-state index < -0.39 is 16.0 Å². The van der Waals surface area contributed by atoms with Crippen molar-refractivity contribution in [3.05, 3.63) is 53.7 Å². The second-order valence-corrected chi connectivity index (χ2v) is 8.03. The van der Waals surface area contributed by atoms with Gasteiger partial charge in [-0.1, -0.05) is 12.1 Å². The monoisotopic (exact) mass is 377 g/mol. The van der Waals surface area contributed by atoms with Gasteiger partial charge in [-0.3, -0.25) is 0 Å². The smallest absolute Gasteiger partial charge is 0.339 e. The van der Waals surface area contributed by atoms with Gasteiger partial charge in [0.25, 0.3) is 0 Å². The molecule has 8 heteroatoms. The summed E-state index contributed by atoms with van der Waals surface area (Å²) in [6, 6.07) is 9.95. The minimum absolute atomic E-state index is 0.0907. The third-order valence-electron chi connectivity index (χ3n) is 3.80. The van der Waals surface area contributed by atoms with E-state index in [1.807, 2.05) is 6.92 Å². The Morgan fingerprint density at radius 2 is 1.85 bits per heavy atom. The molecule has 7 nitrogen and oxygen atoms in total. The van der Waals surface area contributed by atoms with Gasteiger partial charge in [0.1, 0.15) is 5.82 Å². The lowest BCUT2D eigenvalue weighted by Gasteiger charge is -2.16. The summed E-state index contributed by atoms with van der Waals surface area (Å²) in [5, 5.41) is 3.21. The highest BCUT2D eigenvalue weighted by atomic mass is 32.2. The quantitative estimate of drug-likeness (QED) is 0.747. The van der Waals surface area contributed by atoms with Gasteiger partial charge in [0.2, 0.25) is 10.0 Å². The second kappa shape index (κ2) is 8.29. The number of carbonyl (C=O) groups excluding carboxylic acids is 1. The highest BCUT2D eigenvalue weighted by Gasteiger charge is 2.17. The molecule has 2 rings (SSSR count). The van der Waals surface area contributed by atoms with E-state index >= 15 is 0 Å². The van der Waals surface area contributed by atoms with E-state index in [2.05, 4.69) is 10.3 Å². The zero-order chi connectivity index (χ0) is 19.3. The number of nitrogens with zero attached hydrogens (tertiary/aromatic N) is 2. The van der Waals surface area contributed by atoms with Gasteiger partial charge in [-0.25, -0.2) is 22.5 Å². The summed E-state index contributed by atoms with van der Waals surface area (Å²) in [6.45, 7) is 4.00. The third-order valence-corrected chi connectivity index (χ3v) is 5.63. The number of carbonyl (C=O) groups is 1. The first kappa shape index (κ1) is 19.9. The number of hydrogen-bond donors (Lipinski definition) is 1. The Bertz CT molecular complexity index is 847. The number of sulfonamides is 1. The van der Waals surface area contributed by atoms with Crippen molar-refractivity contribution in [3.8, 4) is 0 Å². The molecule has 0 saturated carbocycles. The van der Waals surface area contributed by atoms with Crippen LogP contribution in [0.1, 0.15) is 35.8 Å². The van der Waals surface area contributed by atoms with Gasteiger partial charge in [0, 0.05) is 26.3 Å². The van der Waals surface area contributed by atoms with E-state index in [1.54, 1.807) is 43.3 Å². The van der Waals surface area contributed by atoms with E-state index in [1.165, 1.54) is 24.6 Å². The first-order valence-corrected chi connectivity index (χ1v) is 9.62. The molecule has 0 saturated heterocycles. The molecule has 1 N–H and O–H groups in total. The highest BCUT2D eigenvalue weighted by molar-refractivity contribution is 7.89. The lowest BCUT2D eigenvalue weighted by Crippen LogP contribution is -2.22. The molecule has 26 heavy (non-hydrogen) atoms. The number of pyridine rings is 1. The summed E-state index contributed by atoms with van der Waals surface area (Å²) in [4.78, 5) is 16.1. The zero-order valence-electron chi connectivity index (χ0n) is 15.3. The Labute approximate surface area is 154 Å². The molecule has 1 heterocycles. The Hall–Kier alpha value is -2.45. The molecule has 0 aliphatic carbocycles. The SMILES string of the molecule is CCOC(=O)c1ccc(NC(C)c2ccc(S(=O)(=O)N(C)C)cc2)nc1. The van der Waals surface area contributed by atoms with Crippen molar-refractivity contribution in [3.63, 3.8) is 0 Å². The largest absolute Gasteiger partial charge is 0.462 e. The minimum Gasteiger partial charge on any atom is -0.462 e. The summed E-state index contributed by atoms with van der Waals surface area (Å²) in [6.07, 6.45) is 1.46. The van der Waals surface area contributed by atoms with Crippen LogP contribution in [0.25, 0.3) is 0 Å². The number of hydrogen-bond acceptors (Lipinski definition) is 6. The molecule has 2 aromatic rings. The van der Waals surface area contributed by atoms with Crippen molar-refractivity contribution in [1.82, 2.24) is 9.29 Å². The van der Waals surface area contributed by atoms with Crippen LogP contribution in [0.15, 0.2) is 47.5 Å². The number of rotatable bonds is 7. The van der Waals surface area contributed by atoms with Crippen LogP contribution in [-0.2, 0) is 14.8 Å². The molecule has 1 aromatic carbocycles. The lowest BCUT2D eigenvalue weighted by atomic mass is 10.1. The van der Waals surface area contributed by atoms with Crippen LogP contribution >= 0.6 is 0 Å². The molecule has 0 radical (unpaired) electrons. The van der Waals surface area contributed by atoms with Crippen molar-refractivity contribution in [2.24, 2.45) is 0 Å². The Morgan fingerprint density at radius 3 is 2.35 bits per heavy atom. The minimum atomic E-state index is -3.44. The second-order valence-electron chi connectivity index (χ2n) is 5.88. The van der Waals surface area contributed by atoms with Gasteiger partial charge >= 0.3 is 5.97 Å². The lowest BCUT2D eigenvalue weighted by molar-refractivity contribution is 0.0526. The standard InChI is InChI=1S/C18H23N3O4S/c1-5-25-18(22)15-8-11-17(19-12-15)20-13(2)14-6-9-16(10-7-14)26(23,24)21(3)4/h6-13H,5H2,1-4H3,(H,19,20). The van der Waals surface area contributed by atoms with Gasteiger partial charge in [0.15, 0.2) is 0 Å². The zero-order valence-corrected chi connectivity index (χ0v) is 16.1. The number of nitrogens with one attached hydrogen (secondary N) is 1. The average molecular weight is 377 g/mol. The van der Waals surface area contributed by atoms with Crippen LogP contribution in [0, 0.1) is 0 Å². The van der Waals surface area contributed by atoms with E-state index in [4.69, 9.17) is 4.74 Å². The molecule has 0 aliphatic heterocycles. The van der Waals surface area contributed by atoms with Gasteiger partial charge < -0.3 is 10.1 Å². The molecular formula is C18H23N3O4S. The first-order chi connectivity index (χ1) is 12.3. The van der Waals surface area contributed by atoms with Crippen LogP contribution in [0.4, 0.5) is 5.82 Å². The van der Waals surface area contributed by atoms with Crippen molar-refractivity contribution in [2.75, 3.05) is 26.0 Å². The van der Waals surface area contributed by atoms with E-state index in [9.17, 15) is 13.2 Å². The summed E-state index contributed by atoms with van der Waals surface area (Å²) in [7, 11) is -0.441. The molecule has 0 aliphatic rings. The fourth-order valence-electron chi connectivity index (χ4n) is 2.26. The predicted octanol–water partition coefficient (Wildman–Crippen LogP) is 2.68. The molecule has 0 bridgehead atoms. The van der Waals surface area contributed by atoms with Crippen LogP contribution in [-0.4, -0.2) is 44.4 Å². The molecule has 0 fully saturated rings. The molecule has 1 aromatic heterocycles. The fraction of sp³-hybridized carbons (Fsp3) is 0.333. The summed E-state index contributed by atoms with van der Waals surface area (Å²) >= 11 is 0. The molecule has 1 atom stereocenters. The molecular weight excluding hydrogens is 354 g/mol. The molecule has 0 spiro atoms. The van der Waals surface area contributed by atoms with Crippen molar-refractivity contribution < 1.29 is 17.9 Å². The maximum atomic E-state index is 12.1. The molecule has 0 amide bonds. The first-order valence-electron chi connectivity index (χ1n) is 8.18. The fourth-order valence-corrected chi connectivity index (χ4v) is 3.16. The van der Waals surface area contributed by atoms with Crippen LogP contribution < -0.4 is 5.32 Å². The maximum absolute atomic E-state index is 12.1. The Kier molecular flexibility index (Phi) is 6.33. The van der Waals surface area contributed by atoms with E-state index in [-0.39, 0.29) is 10.9 Å². The number of anilines is 1. The van der Waals surface area contributed by atoms with Crippen LogP contribution in [0.3, 0.4) is 0 Å². The predicted molar refractivity (Wildman–Crippen MR) is 99.5 cm³/mol. The van der Waals surface area contributed by atoms with Gasteiger partial charge in [-0.05, 0) is 43.7 Å². The van der Waals surface area contributed by atoms with Crippen molar-refractivity contribution >= 4 is 21.8 Å². The average Bonchev–Trinajstić information content (AvgIpc) is 2.62. The number of aromatic nitrogens is 1. The summed E-state index contributed by atoms with van der Waals surface area (Å²) < 4.78 is 30.3. The van der Waals surface area contributed by atoms with Crippen molar-refractivity contribution in [1.29, 1.82) is 0 Å². The van der Waals surface area contributed by atoms with Gasteiger partial charge in [-0.15, -0.1) is 0 Å². The Morgan fingerprint density at radius 1 is 1.19 bits per heavy atom. The summed E-state index contributed by atoms with van der Waals surface area (Å²) in [5.41, 5.74) is 1.31. The van der Waals surface area contributed by atoms with E-state index in [0.29, 0.717) is 18.0 Å². The Balaban J connectivity index is 2.08. The van der Waals surface area contributed by atoms with Crippen molar-refractivity contribution in [2.45, 2.75) is 24.8 Å². The van der Waals surface area contributed by atoms with Crippen LogP contribution in [0.2, 0.25) is 0 Å².